The Labute approximate surface area is 204 Å². The van der Waals surface area contributed by atoms with Crippen LogP contribution in [0, 0.1) is 6.92 Å². The predicted octanol–water partition coefficient (Wildman–Crippen LogP) is 5.00. The first-order chi connectivity index (χ1) is 16.5. The van der Waals surface area contributed by atoms with Gasteiger partial charge < -0.3 is 15.0 Å². The minimum absolute atomic E-state index is 0.00194. The molecule has 1 fully saturated rings. The monoisotopic (exact) mass is 477 g/mol. The summed E-state index contributed by atoms with van der Waals surface area (Å²) in [4.78, 5) is 32.6. The van der Waals surface area contributed by atoms with Crippen LogP contribution in [-0.4, -0.2) is 41.9 Å². The third-order valence-electron chi connectivity index (χ3n) is 6.20. The molecule has 34 heavy (non-hydrogen) atoms. The van der Waals surface area contributed by atoms with Crippen molar-refractivity contribution in [2.24, 2.45) is 0 Å². The zero-order valence-electron chi connectivity index (χ0n) is 19.4. The molecule has 0 bridgehead atoms. The molecule has 0 radical (unpaired) electrons. The summed E-state index contributed by atoms with van der Waals surface area (Å²) >= 11 is 5.94. The van der Waals surface area contributed by atoms with Crippen molar-refractivity contribution in [3.05, 3.63) is 93.8 Å². The lowest BCUT2D eigenvalue weighted by Gasteiger charge is -2.32. The molecule has 4 rings (SSSR count). The van der Waals surface area contributed by atoms with E-state index in [-0.39, 0.29) is 17.7 Å². The molecule has 0 spiro atoms. The van der Waals surface area contributed by atoms with Crippen molar-refractivity contribution < 1.29 is 14.3 Å². The summed E-state index contributed by atoms with van der Waals surface area (Å²) in [6, 6.07) is 18.3. The third-order valence-corrected chi connectivity index (χ3v) is 6.45. The van der Waals surface area contributed by atoms with Gasteiger partial charge in [-0.25, -0.2) is 0 Å². The summed E-state index contributed by atoms with van der Waals surface area (Å²) in [7, 11) is 1.62. The molecule has 2 amide bonds. The number of pyridine rings is 1. The molecule has 0 aliphatic carbocycles. The van der Waals surface area contributed by atoms with Crippen LogP contribution in [0.5, 0.6) is 5.75 Å². The van der Waals surface area contributed by atoms with E-state index in [1.807, 2.05) is 48.2 Å². The highest BCUT2D eigenvalue weighted by atomic mass is 35.5. The summed E-state index contributed by atoms with van der Waals surface area (Å²) in [6.07, 6.45) is 1.51. The summed E-state index contributed by atoms with van der Waals surface area (Å²) in [6.45, 7) is 3.53. The molecule has 1 aliphatic rings. The van der Waals surface area contributed by atoms with Crippen LogP contribution >= 0.6 is 11.6 Å². The maximum atomic E-state index is 13.1. The highest BCUT2D eigenvalue weighted by molar-refractivity contribution is 6.30. The molecule has 1 aliphatic heterocycles. The number of hydrogen-bond acceptors (Lipinski definition) is 4. The van der Waals surface area contributed by atoms with Gasteiger partial charge in [0.2, 0.25) is 0 Å². The Kier molecular flexibility index (Phi) is 7.48. The fraction of sp³-hybridized carbons (Fsp3) is 0.296. The van der Waals surface area contributed by atoms with Gasteiger partial charge in [-0.2, -0.15) is 0 Å². The normalized spacial score (nSPS) is 14.0. The van der Waals surface area contributed by atoms with E-state index < -0.39 is 0 Å². The van der Waals surface area contributed by atoms with Gasteiger partial charge in [-0.3, -0.25) is 14.6 Å². The number of benzene rings is 2. The number of likely N-dealkylation sites (tertiary alicyclic amines) is 1. The van der Waals surface area contributed by atoms with Crippen LogP contribution in [-0.2, 0) is 6.54 Å². The van der Waals surface area contributed by atoms with Crippen LogP contribution in [0.15, 0.2) is 60.7 Å². The first-order valence-corrected chi connectivity index (χ1v) is 11.8. The van der Waals surface area contributed by atoms with E-state index in [0.29, 0.717) is 35.8 Å². The Hall–Kier alpha value is -3.38. The number of amides is 2. The molecular formula is C27H28ClN3O3. The van der Waals surface area contributed by atoms with Crippen molar-refractivity contribution in [1.29, 1.82) is 0 Å². The van der Waals surface area contributed by atoms with E-state index in [2.05, 4.69) is 5.32 Å². The summed E-state index contributed by atoms with van der Waals surface area (Å²) < 4.78 is 5.38. The van der Waals surface area contributed by atoms with Crippen LogP contribution in [0.4, 0.5) is 0 Å². The number of hydrogen-bond donors (Lipinski definition) is 1. The lowest BCUT2D eigenvalue weighted by Crippen LogP contribution is -2.38. The van der Waals surface area contributed by atoms with E-state index in [9.17, 15) is 9.59 Å². The molecular weight excluding hydrogens is 450 g/mol. The minimum Gasteiger partial charge on any atom is -0.496 e. The van der Waals surface area contributed by atoms with E-state index in [1.54, 1.807) is 31.4 Å². The molecule has 2 aromatic carbocycles. The number of nitrogens with zero attached hydrogens (tertiary/aromatic N) is 2. The number of carbonyl (C=O) groups excluding carboxylic acids is 2. The Morgan fingerprint density at radius 1 is 1.06 bits per heavy atom. The Balaban J connectivity index is 1.44. The molecule has 7 heteroatoms. The lowest BCUT2D eigenvalue weighted by molar-refractivity contribution is 0.0710. The van der Waals surface area contributed by atoms with Crippen LogP contribution in [0.25, 0.3) is 0 Å². The van der Waals surface area contributed by atoms with Crippen LogP contribution < -0.4 is 10.1 Å². The second-order valence-electron chi connectivity index (χ2n) is 8.45. The molecule has 6 nitrogen and oxygen atoms in total. The van der Waals surface area contributed by atoms with Crippen molar-refractivity contribution in [1.82, 2.24) is 15.2 Å². The van der Waals surface area contributed by atoms with Crippen molar-refractivity contribution in [3.8, 4) is 5.75 Å². The molecule has 0 unspecified atom stereocenters. The van der Waals surface area contributed by atoms with E-state index in [1.165, 1.54) is 0 Å². The molecule has 0 saturated carbocycles. The van der Waals surface area contributed by atoms with Gasteiger partial charge in [0.05, 0.1) is 18.4 Å². The molecule has 1 saturated heterocycles. The number of rotatable bonds is 6. The van der Waals surface area contributed by atoms with Gasteiger partial charge in [0, 0.05) is 47.4 Å². The van der Waals surface area contributed by atoms with Crippen molar-refractivity contribution in [2.45, 2.75) is 32.2 Å². The van der Waals surface area contributed by atoms with Crippen molar-refractivity contribution in [2.75, 3.05) is 20.2 Å². The quantitative estimate of drug-likeness (QED) is 0.542. The Morgan fingerprint density at radius 3 is 2.47 bits per heavy atom. The molecule has 2 heterocycles. The highest BCUT2D eigenvalue weighted by Crippen LogP contribution is 2.30. The second-order valence-corrected chi connectivity index (χ2v) is 8.89. The topological polar surface area (TPSA) is 71.5 Å². The summed E-state index contributed by atoms with van der Waals surface area (Å²) in [5.74, 6) is 0.694. The summed E-state index contributed by atoms with van der Waals surface area (Å²) in [5.41, 5.74) is 3.80. The van der Waals surface area contributed by atoms with Gasteiger partial charge in [0.1, 0.15) is 5.75 Å². The number of para-hydroxylation sites is 1. The lowest BCUT2D eigenvalue weighted by atomic mass is 9.89. The average Bonchev–Trinajstić information content (AvgIpc) is 2.87. The maximum absolute atomic E-state index is 13.1. The average molecular weight is 478 g/mol. The van der Waals surface area contributed by atoms with Gasteiger partial charge in [-0.15, -0.1) is 0 Å². The number of ether oxygens (including phenoxy) is 1. The van der Waals surface area contributed by atoms with Crippen LogP contribution in [0.2, 0.25) is 5.02 Å². The van der Waals surface area contributed by atoms with Crippen molar-refractivity contribution >= 4 is 23.4 Å². The van der Waals surface area contributed by atoms with Crippen LogP contribution in [0.1, 0.15) is 56.4 Å². The number of halogens is 1. The zero-order chi connectivity index (χ0) is 24.1. The van der Waals surface area contributed by atoms with Gasteiger partial charge in [-0.05, 0) is 62.2 Å². The van der Waals surface area contributed by atoms with Crippen molar-refractivity contribution in [3.63, 3.8) is 0 Å². The number of carbonyl (C=O) groups is 2. The first kappa shape index (κ1) is 23.8. The largest absolute Gasteiger partial charge is 0.496 e. The number of piperidine rings is 1. The number of nitrogens with one attached hydrogen (secondary N) is 1. The molecule has 176 valence electrons. The minimum atomic E-state index is -0.159. The zero-order valence-corrected chi connectivity index (χ0v) is 20.1. The van der Waals surface area contributed by atoms with Gasteiger partial charge in [0.15, 0.2) is 0 Å². The number of aryl methyl sites for hydroxylation is 1. The third kappa shape index (κ3) is 5.39. The second kappa shape index (κ2) is 10.7. The molecule has 1 N–H and O–H groups in total. The van der Waals surface area contributed by atoms with Gasteiger partial charge in [-0.1, -0.05) is 29.8 Å². The SMILES string of the molecule is COc1ccccc1CNC(=O)c1ccc(C)nc1C1CCN(C(=O)c2ccc(Cl)cc2)CC1. The van der Waals surface area contributed by atoms with Gasteiger partial charge >= 0.3 is 0 Å². The standard InChI is InChI=1S/C27H28ClN3O3/c1-18-7-12-23(26(32)29-17-21-5-3-4-6-24(21)34-2)25(30-18)19-13-15-31(16-14-19)27(33)20-8-10-22(28)11-9-20/h3-12,19H,13-17H2,1-2H3,(H,29,32). The summed E-state index contributed by atoms with van der Waals surface area (Å²) in [5, 5.41) is 3.62. The molecule has 0 atom stereocenters. The van der Waals surface area contributed by atoms with E-state index >= 15 is 0 Å². The smallest absolute Gasteiger partial charge is 0.253 e. The predicted molar refractivity (Wildman–Crippen MR) is 132 cm³/mol. The highest BCUT2D eigenvalue weighted by Gasteiger charge is 2.28. The van der Waals surface area contributed by atoms with Gasteiger partial charge in [0.25, 0.3) is 11.8 Å². The first-order valence-electron chi connectivity index (χ1n) is 11.4. The fourth-order valence-electron chi connectivity index (χ4n) is 4.33. The van der Waals surface area contributed by atoms with Crippen LogP contribution in [0.3, 0.4) is 0 Å². The molecule has 3 aromatic rings. The van der Waals surface area contributed by atoms with E-state index in [4.69, 9.17) is 21.3 Å². The Morgan fingerprint density at radius 2 is 1.76 bits per heavy atom. The Bertz CT molecular complexity index is 1170. The number of aromatic nitrogens is 1. The fourth-order valence-corrected chi connectivity index (χ4v) is 4.46. The number of methoxy groups -OCH3 is 1. The van der Waals surface area contributed by atoms with E-state index in [0.717, 1.165) is 35.5 Å². The molecule has 1 aromatic heterocycles. The maximum Gasteiger partial charge on any atom is 0.253 e.